The number of allylic oxidation sites excluding steroid dienone is 1. The van der Waals surface area contributed by atoms with Crippen LogP contribution in [-0.4, -0.2) is 44.6 Å². The second-order valence-corrected chi connectivity index (χ2v) is 7.65. The van der Waals surface area contributed by atoms with Gasteiger partial charge in [-0.25, -0.2) is 4.79 Å². The van der Waals surface area contributed by atoms with Crippen LogP contribution in [0.15, 0.2) is 52.5 Å². The Bertz CT molecular complexity index is 997. The average Bonchev–Trinajstić information content (AvgIpc) is 2.78. The van der Waals surface area contributed by atoms with Gasteiger partial charge in [0.2, 0.25) is 0 Å². The Kier molecular flexibility index (Phi) is 10.1. The minimum atomic E-state index is -0.975. The molecule has 0 aromatic heterocycles. The minimum Gasteiger partial charge on any atom is -0.497 e. The van der Waals surface area contributed by atoms with Gasteiger partial charge in [-0.2, -0.15) is 0 Å². The zero-order valence-electron chi connectivity index (χ0n) is 18.6. The monoisotopic (exact) mass is 502 g/mol. The fraction of sp³-hybridized carbons (Fsp3) is 0.320. The zero-order chi connectivity index (χ0) is 23.5. The van der Waals surface area contributed by atoms with Crippen molar-refractivity contribution in [1.29, 1.82) is 0 Å². The molecular formula is C25H27BrO6. The summed E-state index contributed by atoms with van der Waals surface area (Å²) >= 11 is 3.48. The Balaban J connectivity index is 1.99. The highest BCUT2D eigenvalue weighted by Gasteiger charge is 2.18. The molecule has 0 heterocycles. The van der Waals surface area contributed by atoms with Gasteiger partial charge in [-0.1, -0.05) is 17.9 Å². The maximum absolute atomic E-state index is 11.3. The minimum absolute atomic E-state index is 0.283. The van der Waals surface area contributed by atoms with Crippen molar-refractivity contribution in [2.75, 3.05) is 27.4 Å². The maximum Gasteiger partial charge on any atom is 0.333 e. The predicted octanol–water partition coefficient (Wildman–Crippen LogP) is 4.88. The van der Waals surface area contributed by atoms with Gasteiger partial charge in [-0.15, -0.1) is 0 Å². The summed E-state index contributed by atoms with van der Waals surface area (Å²) in [5.74, 6) is 7.24. The lowest BCUT2D eigenvalue weighted by Crippen LogP contribution is -2.26. The van der Waals surface area contributed by atoms with Crippen LogP contribution in [0, 0.1) is 11.8 Å². The summed E-state index contributed by atoms with van der Waals surface area (Å²) in [5.41, 5.74) is 2.50. The summed E-state index contributed by atoms with van der Waals surface area (Å²) in [5, 5.41) is 9.24. The Morgan fingerprint density at radius 3 is 2.41 bits per heavy atom. The highest BCUT2D eigenvalue weighted by Crippen LogP contribution is 2.27. The van der Waals surface area contributed by atoms with Crippen LogP contribution in [0.3, 0.4) is 0 Å². The third kappa shape index (κ3) is 7.95. The first-order valence-corrected chi connectivity index (χ1v) is 10.8. The molecule has 1 atom stereocenters. The van der Waals surface area contributed by atoms with Crippen molar-refractivity contribution in [2.24, 2.45) is 0 Å². The summed E-state index contributed by atoms with van der Waals surface area (Å²) < 4.78 is 22.3. The molecule has 0 amide bonds. The van der Waals surface area contributed by atoms with Gasteiger partial charge >= 0.3 is 5.97 Å². The van der Waals surface area contributed by atoms with Crippen LogP contribution in [0.1, 0.15) is 25.0 Å². The fourth-order valence-electron chi connectivity index (χ4n) is 2.78. The zero-order valence-corrected chi connectivity index (χ0v) is 20.2. The number of halogens is 1. The number of hydrogen-bond acceptors (Lipinski definition) is 5. The van der Waals surface area contributed by atoms with E-state index in [1.54, 1.807) is 27.2 Å². The van der Waals surface area contributed by atoms with Crippen molar-refractivity contribution in [3.63, 3.8) is 0 Å². The molecule has 2 aromatic rings. The number of ether oxygens (including phenoxy) is 4. The van der Waals surface area contributed by atoms with E-state index in [0.29, 0.717) is 30.5 Å². The molecule has 0 aliphatic heterocycles. The third-order valence-corrected chi connectivity index (χ3v) is 5.06. The van der Waals surface area contributed by atoms with Crippen LogP contribution in [0.2, 0.25) is 0 Å². The second-order valence-electron chi connectivity index (χ2n) is 6.80. The Morgan fingerprint density at radius 1 is 1.16 bits per heavy atom. The molecule has 1 N–H and O–H groups in total. The lowest BCUT2D eigenvalue weighted by Gasteiger charge is -2.13. The molecule has 6 nitrogen and oxygen atoms in total. The van der Waals surface area contributed by atoms with E-state index in [9.17, 15) is 9.90 Å². The van der Waals surface area contributed by atoms with Gasteiger partial charge in [-0.3, -0.25) is 0 Å². The number of carboxylic acids is 1. The van der Waals surface area contributed by atoms with Crippen LogP contribution in [0.4, 0.5) is 0 Å². The average molecular weight is 503 g/mol. The number of methoxy groups -OCH3 is 2. The SMILES string of the molecule is CCO[C@@H](Cc1ccc(OC/C=C(/C)C#Cc2cc(OC)cc(OC)c2)c(Br)c1)C(=O)O. The van der Waals surface area contributed by atoms with E-state index in [2.05, 4.69) is 27.8 Å². The van der Waals surface area contributed by atoms with Crippen molar-refractivity contribution in [3.8, 4) is 29.1 Å². The molecule has 2 rings (SSSR count). The molecule has 0 unspecified atom stereocenters. The van der Waals surface area contributed by atoms with E-state index in [1.807, 2.05) is 43.3 Å². The predicted molar refractivity (Wildman–Crippen MR) is 127 cm³/mol. The number of carboxylic acid groups (broad SMARTS) is 1. The topological polar surface area (TPSA) is 74.2 Å². The summed E-state index contributed by atoms with van der Waals surface area (Å²) in [6.45, 7) is 4.37. The quantitative estimate of drug-likeness (QED) is 0.467. The lowest BCUT2D eigenvalue weighted by atomic mass is 10.1. The molecule has 2 aromatic carbocycles. The van der Waals surface area contributed by atoms with Gasteiger partial charge in [0, 0.05) is 24.7 Å². The van der Waals surface area contributed by atoms with Gasteiger partial charge in [-0.05, 0) is 71.3 Å². The molecule has 0 bridgehead atoms. The Morgan fingerprint density at radius 2 is 1.84 bits per heavy atom. The van der Waals surface area contributed by atoms with Crippen molar-refractivity contribution in [3.05, 3.63) is 63.6 Å². The van der Waals surface area contributed by atoms with E-state index in [-0.39, 0.29) is 6.42 Å². The van der Waals surface area contributed by atoms with Gasteiger partial charge in [0.25, 0.3) is 0 Å². The Labute approximate surface area is 197 Å². The van der Waals surface area contributed by atoms with Crippen LogP contribution >= 0.6 is 15.9 Å². The van der Waals surface area contributed by atoms with E-state index >= 15 is 0 Å². The molecule has 0 fully saturated rings. The lowest BCUT2D eigenvalue weighted by molar-refractivity contribution is -0.149. The first-order chi connectivity index (χ1) is 15.4. The normalized spacial score (nSPS) is 11.8. The summed E-state index contributed by atoms with van der Waals surface area (Å²) in [6.07, 6.45) is 1.30. The highest BCUT2D eigenvalue weighted by atomic mass is 79.9. The second kappa shape index (κ2) is 12.8. The Hall–Kier alpha value is -2.95. The fourth-order valence-corrected chi connectivity index (χ4v) is 3.32. The molecule has 0 aliphatic rings. The molecule has 0 aliphatic carbocycles. The van der Waals surface area contributed by atoms with Crippen LogP contribution < -0.4 is 14.2 Å². The van der Waals surface area contributed by atoms with Crippen LogP contribution in [0.25, 0.3) is 0 Å². The molecule has 0 radical (unpaired) electrons. The van der Waals surface area contributed by atoms with Gasteiger partial charge in [0.05, 0.1) is 18.7 Å². The third-order valence-electron chi connectivity index (χ3n) is 4.44. The standard InChI is InChI=1S/C25H27BrO6/c1-5-31-24(25(27)28)15-19-8-9-23(22(26)14-19)32-11-10-17(2)6-7-18-12-20(29-3)16-21(13-18)30-4/h8-10,12-14,16,24H,5,11,15H2,1-4H3,(H,27,28)/b17-10-/t24-/m0/s1. The molecule has 0 saturated carbocycles. The van der Waals surface area contributed by atoms with Gasteiger partial charge in [0.1, 0.15) is 23.9 Å². The summed E-state index contributed by atoms with van der Waals surface area (Å²) in [4.78, 5) is 11.3. The molecule has 7 heteroatoms. The van der Waals surface area contributed by atoms with Gasteiger partial charge < -0.3 is 24.1 Å². The maximum atomic E-state index is 11.3. The number of hydrogen-bond donors (Lipinski definition) is 1. The molecule has 32 heavy (non-hydrogen) atoms. The smallest absolute Gasteiger partial charge is 0.333 e. The van der Waals surface area contributed by atoms with Crippen molar-refractivity contribution in [2.45, 2.75) is 26.4 Å². The highest BCUT2D eigenvalue weighted by molar-refractivity contribution is 9.10. The first-order valence-electron chi connectivity index (χ1n) is 10.0. The van der Waals surface area contributed by atoms with Gasteiger partial charge in [0.15, 0.2) is 6.10 Å². The molecule has 170 valence electrons. The van der Waals surface area contributed by atoms with E-state index in [1.165, 1.54) is 0 Å². The number of benzene rings is 2. The van der Waals surface area contributed by atoms with Crippen LogP contribution in [0.5, 0.6) is 17.2 Å². The van der Waals surface area contributed by atoms with E-state index in [4.69, 9.17) is 18.9 Å². The van der Waals surface area contributed by atoms with Crippen molar-refractivity contribution >= 4 is 21.9 Å². The van der Waals surface area contributed by atoms with Crippen molar-refractivity contribution in [1.82, 2.24) is 0 Å². The first kappa shape index (κ1) is 25.3. The van der Waals surface area contributed by atoms with E-state index < -0.39 is 12.1 Å². The molecule has 0 saturated heterocycles. The molecule has 0 spiro atoms. The summed E-state index contributed by atoms with van der Waals surface area (Å²) in [7, 11) is 3.20. The number of carbonyl (C=O) groups is 1. The molecular weight excluding hydrogens is 476 g/mol. The number of rotatable bonds is 10. The number of aliphatic carboxylic acids is 1. The largest absolute Gasteiger partial charge is 0.497 e. The van der Waals surface area contributed by atoms with Crippen molar-refractivity contribution < 1.29 is 28.8 Å². The van der Waals surface area contributed by atoms with Crippen LogP contribution in [-0.2, 0) is 16.0 Å². The summed E-state index contributed by atoms with van der Waals surface area (Å²) in [6, 6.07) is 11.0. The van der Waals surface area contributed by atoms with E-state index in [0.717, 1.165) is 21.2 Å².